The summed E-state index contributed by atoms with van der Waals surface area (Å²) < 4.78 is 2.65. The van der Waals surface area contributed by atoms with E-state index in [0.29, 0.717) is 0 Å². The summed E-state index contributed by atoms with van der Waals surface area (Å²) in [4.78, 5) is 13.5. The van der Waals surface area contributed by atoms with E-state index in [1.807, 2.05) is 26.2 Å². The molecule has 0 heterocycles. The first-order chi connectivity index (χ1) is 9.63. The molecule has 1 aromatic carbocycles. The Balaban J connectivity index is 2.66. The Hall–Kier alpha value is -1.05. The van der Waals surface area contributed by atoms with Gasteiger partial charge in [-0.15, -0.1) is 0 Å². The van der Waals surface area contributed by atoms with Crippen LogP contribution in [0.3, 0.4) is 0 Å². The molecule has 0 aromatic heterocycles. The molecule has 0 unspecified atom stereocenters. The number of likely N-dealkylation sites (N-methyl/N-ethyl adjacent to an activating group) is 1. The minimum absolute atomic E-state index is 0.105. The van der Waals surface area contributed by atoms with Crippen molar-refractivity contribution in [3.8, 4) is 0 Å². The Morgan fingerprint density at radius 1 is 1.15 bits per heavy atom. The van der Waals surface area contributed by atoms with Crippen molar-refractivity contribution in [1.82, 2.24) is 4.90 Å². The zero-order valence-corrected chi connectivity index (χ0v) is 14.5. The summed E-state index contributed by atoms with van der Waals surface area (Å²) >= 11 is 0.263. The van der Waals surface area contributed by atoms with Crippen LogP contribution in [0.4, 0.5) is 0 Å². The third-order valence-corrected chi connectivity index (χ3v) is 5.29. The zero-order chi connectivity index (χ0) is 14.8. The van der Waals surface area contributed by atoms with Gasteiger partial charge < -0.3 is 0 Å². The molecule has 0 bridgehead atoms. The molecule has 0 aliphatic rings. The van der Waals surface area contributed by atoms with Crippen LogP contribution in [0, 0.1) is 0 Å². The van der Waals surface area contributed by atoms with Gasteiger partial charge in [0.2, 0.25) is 0 Å². The van der Waals surface area contributed by atoms with E-state index < -0.39 is 0 Å². The third kappa shape index (κ3) is 6.93. The van der Waals surface area contributed by atoms with E-state index in [4.69, 9.17) is 0 Å². The van der Waals surface area contributed by atoms with Crippen molar-refractivity contribution in [2.24, 2.45) is 0 Å². The van der Waals surface area contributed by atoms with Gasteiger partial charge in [-0.2, -0.15) is 0 Å². The fraction of sp³-hybridized carbons (Fsp3) is 0.471. The Morgan fingerprint density at radius 2 is 1.85 bits per heavy atom. The number of nitrogens with zero attached hydrogens (tertiary/aromatic N) is 1. The molecule has 0 saturated carbocycles. The molecule has 2 nitrogen and oxygen atoms in total. The molecule has 1 rings (SSSR count). The van der Waals surface area contributed by atoms with Gasteiger partial charge in [0, 0.05) is 0 Å². The van der Waals surface area contributed by atoms with E-state index in [-0.39, 0.29) is 20.9 Å². The number of unbranched alkanes of at least 4 members (excludes halogenated alkanes) is 3. The van der Waals surface area contributed by atoms with Crippen LogP contribution in [0.2, 0.25) is 0 Å². The van der Waals surface area contributed by atoms with Crippen LogP contribution in [-0.4, -0.2) is 39.9 Å². The second kappa shape index (κ2) is 9.79. The molecule has 1 amide bonds. The Labute approximate surface area is 129 Å². The molecule has 0 aliphatic heterocycles. The van der Waals surface area contributed by atoms with Gasteiger partial charge in [0.15, 0.2) is 0 Å². The van der Waals surface area contributed by atoms with E-state index >= 15 is 0 Å². The van der Waals surface area contributed by atoms with Crippen LogP contribution in [0.25, 0.3) is 0 Å². The molecule has 0 N–H and O–H groups in total. The number of hydrogen-bond donors (Lipinski definition) is 0. The number of allylic oxidation sites excluding steroid dienone is 1. The SMILES string of the molecule is CCCCCC/C(=C\C(=O)N(C)C)[Se]c1ccccc1. The first-order valence-corrected chi connectivity index (χ1v) is 8.99. The fourth-order valence-electron chi connectivity index (χ4n) is 1.79. The molecular weight excluding hydrogens is 313 g/mol. The summed E-state index contributed by atoms with van der Waals surface area (Å²) in [6, 6.07) is 10.5. The van der Waals surface area contributed by atoms with Crippen molar-refractivity contribution in [3.63, 3.8) is 0 Å². The van der Waals surface area contributed by atoms with Crippen LogP contribution < -0.4 is 4.46 Å². The standard InChI is InChI=1S/C17H25NOSe/c1-4-5-6-8-13-16(14-17(19)18(2)3)20-15-11-9-7-10-12-15/h7,9-12,14H,4-6,8,13H2,1-3H3/b16-14+. The van der Waals surface area contributed by atoms with Crippen LogP contribution in [0.15, 0.2) is 40.9 Å². The maximum atomic E-state index is 11.9. The summed E-state index contributed by atoms with van der Waals surface area (Å²) in [7, 11) is 3.62. The first-order valence-electron chi connectivity index (χ1n) is 7.28. The van der Waals surface area contributed by atoms with Crippen molar-refractivity contribution in [3.05, 3.63) is 40.9 Å². The molecule has 110 valence electrons. The molecule has 0 saturated heterocycles. The maximum absolute atomic E-state index is 11.9. The van der Waals surface area contributed by atoms with Crippen LogP contribution >= 0.6 is 0 Å². The minimum atomic E-state index is 0.105. The van der Waals surface area contributed by atoms with Crippen molar-refractivity contribution < 1.29 is 4.79 Å². The number of rotatable bonds is 8. The van der Waals surface area contributed by atoms with E-state index in [9.17, 15) is 4.79 Å². The number of benzene rings is 1. The predicted octanol–water partition coefficient (Wildman–Crippen LogP) is 2.96. The molecule has 0 aliphatic carbocycles. The molecule has 0 atom stereocenters. The van der Waals surface area contributed by atoms with Gasteiger partial charge >= 0.3 is 129 Å². The van der Waals surface area contributed by atoms with Crippen molar-refractivity contribution in [2.75, 3.05) is 14.1 Å². The molecule has 20 heavy (non-hydrogen) atoms. The van der Waals surface area contributed by atoms with E-state index in [2.05, 4.69) is 31.2 Å². The molecule has 0 fully saturated rings. The van der Waals surface area contributed by atoms with Gasteiger partial charge in [-0.1, -0.05) is 0 Å². The predicted molar refractivity (Wildman–Crippen MR) is 87.4 cm³/mol. The van der Waals surface area contributed by atoms with Crippen molar-refractivity contribution >= 4 is 25.3 Å². The van der Waals surface area contributed by atoms with E-state index in [1.165, 1.54) is 34.6 Å². The average molecular weight is 338 g/mol. The molecule has 0 spiro atoms. The molecular formula is C17H25NOSe. The average Bonchev–Trinajstić information content (AvgIpc) is 2.44. The number of carbonyl (C=O) groups is 1. The third-order valence-electron chi connectivity index (χ3n) is 2.99. The van der Waals surface area contributed by atoms with Gasteiger partial charge in [0.1, 0.15) is 0 Å². The second-order valence-corrected chi connectivity index (χ2v) is 7.59. The van der Waals surface area contributed by atoms with Crippen molar-refractivity contribution in [2.45, 2.75) is 39.0 Å². The van der Waals surface area contributed by atoms with Crippen molar-refractivity contribution in [1.29, 1.82) is 0 Å². The van der Waals surface area contributed by atoms with Gasteiger partial charge in [0.05, 0.1) is 0 Å². The Morgan fingerprint density at radius 3 is 2.45 bits per heavy atom. The summed E-state index contributed by atoms with van der Waals surface area (Å²) in [5.74, 6) is 0.105. The summed E-state index contributed by atoms with van der Waals surface area (Å²) in [5.41, 5.74) is 0. The fourth-order valence-corrected chi connectivity index (χ4v) is 3.89. The molecule has 1 aromatic rings. The number of amides is 1. The van der Waals surface area contributed by atoms with Gasteiger partial charge in [-0.25, -0.2) is 0 Å². The van der Waals surface area contributed by atoms with Crippen LogP contribution in [-0.2, 0) is 4.79 Å². The number of hydrogen-bond acceptors (Lipinski definition) is 1. The van der Waals surface area contributed by atoms with Crippen LogP contribution in [0.5, 0.6) is 0 Å². The Kier molecular flexibility index (Phi) is 8.32. The number of carbonyl (C=O) groups excluding carboxylic acids is 1. The normalized spacial score (nSPS) is 11.4. The monoisotopic (exact) mass is 339 g/mol. The van der Waals surface area contributed by atoms with E-state index in [1.54, 1.807) is 4.90 Å². The van der Waals surface area contributed by atoms with Gasteiger partial charge in [-0.05, 0) is 0 Å². The molecule has 0 radical (unpaired) electrons. The van der Waals surface area contributed by atoms with Gasteiger partial charge in [-0.3, -0.25) is 0 Å². The quantitative estimate of drug-likeness (QED) is 0.405. The second-order valence-electron chi connectivity index (χ2n) is 5.07. The van der Waals surface area contributed by atoms with E-state index in [0.717, 1.165) is 6.42 Å². The van der Waals surface area contributed by atoms with Crippen LogP contribution in [0.1, 0.15) is 39.0 Å². The zero-order valence-electron chi connectivity index (χ0n) is 12.8. The first kappa shape index (κ1) is 17.0. The summed E-state index contributed by atoms with van der Waals surface area (Å²) in [6.45, 7) is 2.22. The molecule has 3 heteroatoms. The summed E-state index contributed by atoms with van der Waals surface area (Å²) in [6.07, 6.45) is 7.88. The topological polar surface area (TPSA) is 20.3 Å². The Bertz CT molecular complexity index is 426. The van der Waals surface area contributed by atoms with Gasteiger partial charge in [0.25, 0.3) is 0 Å². The summed E-state index contributed by atoms with van der Waals surface area (Å²) in [5, 5.41) is 0.